The van der Waals surface area contributed by atoms with E-state index < -0.39 is 11.8 Å². The molecule has 4 rings (SSSR count). The van der Waals surface area contributed by atoms with Gasteiger partial charge in [-0.05, 0) is 67.1 Å². The first-order valence-electron chi connectivity index (χ1n) is 12.0. The molecule has 39 heavy (non-hydrogen) atoms. The van der Waals surface area contributed by atoms with Crippen LogP contribution < -0.4 is 10.6 Å². The summed E-state index contributed by atoms with van der Waals surface area (Å²) in [7, 11) is 0. The molecule has 0 fully saturated rings. The Morgan fingerprint density at radius 3 is 2.26 bits per heavy atom. The van der Waals surface area contributed by atoms with E-state index in [0.29, 0.717) is 26.9 Å². The lowest BCUT2D eigenvalue weighted by Crippen LogP contribution is -2.30. The number of nitrogens with one attached hydrogen (secondary N) is 2. The quantitative estimate of drug-likeness (QED) is 0.122. The van der Waals surface area contributed by atoms with Crippen molar-refractivity contribution in [3.63, 3.8) is 0 Å². The van der Waals surface area contributed by atoms with Crippen molar-refractivity contribution in [3.8, 4) is 0 Å². The van der Waals surface area contributed by atoms with Gasteiger partial charge in [0.25, 0.3) is 11.8 Å². The minimum absolute atomic E-state index is 0.0973. The molecule has 0 heterocycles. The third-order valence-corrected chi connectivity index (χ3v) is 7.35. The van der Waals surface area contributed by atoms with Crippen LogP contribution in [0.5, 0.6) is 0 Å². The topological polar surface area (TPSA) is 75.3 Å². The van der Waals surface area contributed by atoms with Gasteiger partial charge in [-0.25, -0.2) is 0 Å². The molecule has 0 aliphatic heterocycles. The summed E-state index contributed by atoms with van der Waals surface area (Å²) in [5, 5.41) is 6.30. The summed E-state index contributed by atoms with van der Waals surface area (Å²) in [5.41, 5.74) is 3.38. The van der Waals surface area contributed by atoms with Crippen molar-refractivity contribution >= 4 is 64.3 Å². The predicted molar refractivity (Wildman–Crippen MR) is 160 cm³/mol. The van der Waals surface area contributed by atoms with Crippen LogP contribution in [0.4, 0.5) is 5.69 Å². The highest BCUT2D eigenvalue weighted by Gasteiger charge is 2.16. The predicted octanol–water partition coefficient (Wildman–Crippen LogP) is 7.69. The number of anilines is 1. The van der Waals surface area contributed by atoms with E-state index in [1.807, 2.05) is 43.3 Å². The van der Waals surface area contributed by atoms with Gasteiger partial charge >= 0.3 is 0 Å². The first kappa shape index (κ1) is 28.2. The maximum Gasteiger partial charge on any atom is 0.272 e. The van der Waals surface area contributed by atoms with Gasteiger partial charge in [-0.2, -0.15) is 0 Å². The lowest BCUT2D eigenvalue weighted by Gasteiger charge is -2.12. The fourth-order valence-electron chi connectivity index (χ4n) is 3.54. The summed E-state index contributed by atoms with van der Waals surface area (Å²) < 4.78 is 0. The van der Waals surface area contributed by atoms with E-state index in [1.165, 1.54) is 11.8 Å². The Labute approximate surface area is 241 Å². The zero-order valence-corrected chi connectivity index (χ0v) is 23.2. The maximum atomic E-state index is 13.3. The number of carbonyl (C=O) groups is 3. The first-order chi connectivity index (χ1) is 18.8. The summed E-state index contributed by atoms with van der Waals surface area (Å²) in [5.74, 6) is -0.788. The molecule has 5 nitrogen and oxygen atoms in total. The van der Waals surface area contributed by atoms with E-state index in [1.54, 1.807) is 66.7 Å². The number of carbonyl (C=O) groups excluding carboxylic acids is 3. The van der Waals surface area contributed by atoms with Gasteiger partial charge in [0.15, 0.2) is 5.78 Å². The molecule has 0 aromatic heterocycles. The van der Waals surface area contributed by atoms with E-state index in [-0.39, 0.29) is 17.2 Å². The van der Waals surface area contributed by atoms with Crippen molar-refractivity contribution in [2.75, 3.05) is 11.1 Å². The molecule has 0 aliphatic carbocycles. The van der Waals surface area contributed by atoms with E-state index in [2.05, 4.69) is 10.6 Å². The van der Waals surface area contributed by atoms with Gasteiger partial charge in [0.05, 0.1) is 15.8 Å². The molecule has 4 aromatic rings. The minimum atomic E-state index is -0.478. The van der Waals surface area contributed by atoms with Gasteiger partial charge in [-0.15, -0.1) is 11.8 Å². The van der Waals surface area contributed by atoms with Gasteiger partial charge < -0.3 is 10.6 Å². The molecule has 0 spiro atoms. The lowest BCUT2D eigenvalue weighted by atomic mass is 10.1. The Kier molecular flexibility index (Phi) is 9.60. The van der Waals surface area contributed by atoms with Crippen molar-refractivity contribution < 1.29 is 14.4 Å². The van der Waals surface area contributed by atoms with Gasteiger partial charge in [0.2, 0.25) is 0 Å². The summed E-state index contributed by atoms with van der Waals surface area (Å²) >= 11 is 13.3. The zero-order chi connectivity index (χ0) is 27.8. The average Bonchev–Trinajstić information content (AvgIpc) is 2.94. The Balaban J connectivity index is 1.48. The summed E-state index contributed by atoms with van der Waals surface area (Å²) in [6.45, 7) is 1.97. The van der Waals surface area contributed by atoms with Gasteiger partial charge in [0.1, 0.15) is 5.70 Å². The largest absolute Gasteiger partial charge is 0.321 e. The molecule has 0 bridgehead atoms. The standard InChI is InChI=1S/C31H24Cl2N2O3S/c1-20-10-12-21(13-11-20)16-28(35-30(37)22-6-3-2-4-7-22)31(38)34-24-8-5-9-25(18-24)39-19-29(36)23-14-15-26(32)27(33)17-23/h2-18H,19H2,1H3,(H,34,38)(H,35,37)/b28-16-. The Bertz CT molecular complexity index is 1540. The molecule has 0 atom stereocenters. The molecule has 0 unspecified atom stereocenters. The van der Waals surface area contributed by atoms with E-state index in [4.69, 9.17) is 23.2 Å². The van der Waals surface area contributed by atoms with Crippen LogP contribution >= 0.6 is 35.0 Å². The maximum absolute atomic E-state index is 13.3. The highest BCUT2D eigenvalue weighted by atomic mass is 35.5. The fourth-order valence-corrected chi connectivity index (χ4v) is 4.68. The van der Waals surface area contributed by atoms with E-state index in [0.717, 1.165) is 16.0 Å². The van der Waals surface area contributed by atoms with Crippen LogP contribution in [0.1, 0.15) is 31.8 Å². The zero-order valence-electron chi connectivity index (χ0n) is 20.9. The molecule has 2 amide bonds. The number of hydrogen-bond acceptors (Lipinski definition) is 4. The first-order valence-corrected chi connectivity index (χ1v) is 13.7. The van der Waals surface area contributed by atoms with Crippen LogP contribution in [0, 0.1) is 6.92 Å². The summed E-state index contributed by atoms with van der Waals surface area (Å²) in [4.78, 5) is 39.5. The number of benzene rings is 4. The number of aryl methyl sites for hydroxylation is 1. The number of hydrogen-bond donors (Lipinski definition) is 2. The molecule has 196 valence electrons. The highest BCUT2D eigenvalue weighted by Crippen LogP contribution is 2.26. The third-order valence-electron chi connectivity index (χ3n) is 5.62. The summed E-state index contributed by atoms with van der Waals surface area (Å²) in [6, 6.07) is 28.2. The monoisotopic (exact) mass is 574 g/mol. The van der Waals surface area contributed by atoms with Crippen LogP contribution in [0.25, 0.3) is 6.08 Å². The average molecular weight is 576 g/mol. The Hall–Kier alpha value is -3.84. The lowest BCUT2D eigenvalue weighted by molar-refractivity contribution is -0.113. The van der Waals surface area contributed by atoms with Gasteiger partial charge in [-0.1, -0.05) is 77.3 Å². The van der Waals surface area contributed by atoms with Crippen molar-refractivity contribution in [3.05, 3.63) is 135 Å². The number of Topliss-reactive ketones (excluding diaryl/α,β-unsaturated/α-hetero) is 1. The second kappa shape index (κ2) is 13.3. The number of rotatable bonds is 9. The molecule has 4 aromatic carbocycles. The van der Waals surface area contributed by atoms with Gasteiger partial charge in [0, 0.05) is 21.7 Å². The molecule has 0 saturated carbocycles. The number of ketones is 1. The van der Waals surface area contributed by atoms with Crippen molar-refractivity contribution in [1.29, 1.82) is 0 Å². The molecule has 0 saturated heterocycles. The second-order valence-electron chi connectivity index (χ2n) is 8.61. The van der Waals surface area contributed by atoms with Crippen LogP contribution in [0.2, 0.25) is 10.0 Å². The molecular formula is C31H24Cl2N2O3S. The minimum Gasteiger partial charge on any atom is -0.321 e. The van der Waals surface area contributed by atoms with Crippen molar-refractivity contribution in [2.45, 2.75) is 11.8 Å². The molecule has 2 N–H and O–H groups in total. The van der Waals surface area contributed by atoms with E-state index >= 15 is 0 Å². The Morgan fingerprint density at radius 1 is 0.795 bits per heavy atom. The fraction of sp³-hybridized carbons (Fsp3) is 0.0645. The normalized spacial score (nSPS) is 11.1. The molecule has 8 heteroatoms. The van der Waals surface area contributed by atoms with Crippen molar-refractivity contribution in [1.82, 2.24) is 5.32 Å². The smallest absolute Gasteiger partial charge is 0.272 e. The van der Waals surface area contributed by atoms with Gasteiger partial charge in [-0.3, -0.25) is 14.4 Å². The number of amides is 2. The number of halogens is 2. The van der Waals surface area contributed by atoms with E-state index in [9.17, 15) is 14.4 Å². The Morgan fingerprint density at radius 2 is 1.54 bits per heavy atom. The third kappa shape index (κ3) is 8.07. The van der Waals surface area contributed by atoms with Crippen LogP contribution in [-0.4, -0.2) is 23.4 Å². The van der Waals surface area contributed by atoms with Crippen molar-refractivity contribution in [2.24, 2.45) is 0 Å². The SMILES string of the molecule is Cc1ccc(/C=C(\NC(=O)c2ccccc2)C(=O)Nc2cccc(SCC(=O)c3ccc(Cl)c(Cl)c3)c2)cc1. The second-order valence-corrected chi connectivity index (χ2v) is 10.5. The molecular weight excluding hydrogens is 551 g/mol. The number of thioether (sulfide) groups is 1. The molecule has 0 aliphatic rings. The highest BCUT2D eigenvalue weighted by molar-refractivity contribution is 8.00. The van der Waals surface area contributed by atoms with Crippen LogP contribution in [0.15, 0.2) is 108 Å². The molecule has 0 radical (unpaired) electrons. The summed E-state index contributed by atoms with van der Waals surface area (Å²) in [6.07, 6.45) is 1.63. The van der Waals surface area contributed by atoms with Crippen LogP contribution in [0.3, 0.4) is 0 Å². The van der Waals surface area contributed by atoms with Crippen LogP contribution in [-0.2, 0) is 4.79 Å².